The van der Waals surface area contributed by atoms with E-state index in [0.29, 0.717) is 0 Å². The minimum absolute atomic E-state index is 0.171. The van der Waals surface area contributed by atoms with Gasteiger partial charge in [-0.25, -0.2) is 0 Å². The van der Waals surface area contributed by atoms with Crippen molar-refractivity contribution in [3.8, 4) is 0 Å². The fraction of sp³-hybridized carbons (Fsp3) is 1.00. The highest BCUT2D eigenvalue weighted by atomic mass is 28.1. The summed E-state index contributed by atoms with van der Waals surface area (Å²) in [7, 11) is 4.29. The molecule has 0 aromatic carbocycles. The average Bonchev–Trinajstić information content (AvgIpc) is 2.02. The molecule has 0 heterocycles. The van der Waals surface area contributed by atoms with E-state index in [1.54, 1.807) is 14.2 Å². The minimum atomic E-state index is -0.321. The SMILES string of the molecule is COC([SiH3])(CCNC(C)(C)C)OC. The maximum absolute atomic E-state index is 5.30. The van der Waals surface area contributed by atoms with Gasteiger partial charge in [-0.1, -0.05) is 0 Å². The minimum Gasteiger partial charge on any atom is -0.358 e. The molecule has 0 rings (SSSR count). The summed E-state index contributed by atoms with van der Waals surface area (Å²) in [5, 5.41) is 3.41. The highest BCUT2D eigenvalue weighted by Gasteiger charge is 2.22. The molecule has 0 aromatic heterocycles. The summed E-state index contributed by atoms with van der Waals surface area (Å²) in [4.78, 5) is 0. The monoisotopic (exact) mass is 205 g/mol. The molecule has 0 aliphatic heterocycles. The summed E-state index contributed by atoms with van der Waals surface area (Å²) in [6.07, 6.45) is 0.906. The zero-order chi connectivity index (χ0) is 10.5. The van der Waals surface area contributed by atoms with E-state index in [-0.39, 0.29) is 10.9 Å². The summed E-state index contributed by atoms with van der Waals surface area (Å²) >= 11 is 0. The quantitative estimate of drug-likeness (QED) is 0.509. The molecule has 80 valence electrons. The van der Waals surface area contributed by atoms with Crippen molar-refractivity contribution >= 4 is 10.2 Å². The Hall–Kier alpha value is 0.0969. The first-order valence-corrected chi connectivity index (χ1v) is 5.68. The van der Waals surface area contributed by atoms with Crippen LogP contribution < -0.4 is 5.32 Å². The molecular weight excluding hydrogens is 182 g/mol. The molecule has 0 saturated carbocycles. The Morgan fingerprint density at radius 1 is 1.15 bits per heavy atom. The predicted octanol–water partition coefficient (Wildman–Crippen LogP) is 0.0766. The Labute approximate surface area is 84.6 Å². The molecule has 0 atom stereocenters. The lowest BCUT2D eigenvalue weighted by molar-refractivity contribution is -0.145. The van der Waals surface area contributed by atoms with Crippen LogP contribution in [0.3, 0.4) is 0 Å². The fourth-order valence-electron chi connectivity index (χ4n) is 0.952. The number of hydrogen-bond donors (Lipinski definition) is 1. The molecule has 0 aliphatic rings. The van der Waals surface area contributed by atoms with E-state index >= 15 is 0 Å². The highest BCUT2D eigenvalue weighted by molar-refractivity contribution is 6.13. The van der Waals surface area contributed by atoms with Crippen molar-refractivity contribution in [1.82, 2.24) is 5.32 Å². The smallest absolute Gasteiger partial charge is 0.142 e. The van der Waals surface area contributed by atoms with Crippen LogP contribution in [0.25, 0.3) is 0 Å². The molecule has 1 N–H and O–H groups in total. The van der Waals surface area contributed by atoms with Gasteiger partial charge >= 0.3 is 0 Å². The largest absolute Gasteiger partial charge is 0.358 e. The van der Waals surface area contributed by atoms with E-state index in [9.17, 15) is 0 Å². The van der Waals surface area contributed by atoms with E-state index in [1.165, 1.54) is 0 Å². The lowest BCUT2D eigenvalue weighted by atomic mass is 10.1. The van der Waals surface area contributed by atoms with E-state index in [4.69, 9.17) is 9.47 Å². The molecule has 0 saturated heterocycles. The number of nitrogens with one attached hydrogen (secondary N) is 1. The van der Waals surface area contributed by atoms with Crippen LogP contribution in [0, 0.1) is 0 Å². The van der Waals surface area contributed by atoms with Gasteiger partial charge in [0.25, 0.3) is 0 Å². The number of rotatable bonds is 5. The number of hydrogen-bond acceptors (Lipinski definition) is 3. The van der Waals surface area contributed by atoms with Gasteiger partial charge in [-0.15, -0.1) is 0 Å². The van der Waals surface area contributed by atoms with Gasteiger partial charge < -0.3 is 14.8 Å². The second-order valence-electron chi connectivity index (χ2n) is 4.47. The van der Waals surface area contributed by atoms with Crippen LogP contribution in [0.5, 0.6) is 0 Å². The first-order valence-electron chi connectivity index (χ1n) is 4.68. The molecule has 0 unspecified atom stereocenters. The van der Waals surface area contributed by atoms with Gasteiger partial charge in [-0.2, -0.15) is 0 Å². The highest BCUT2D eigenvalue weighted by Crippen LogP contribution is 2.10. The molecule has 0 amide bonds. The summed E-state index contributed by atoms with van der Waals surface area (Å²) in [5.74, 6) is 0. The van der Waals surface area contributed by atoms with Crippen LogP contribution in [0.4, 0.5) is 0 Å². The van der Waals surface area contributed by atoms with Crippen molar-refractivity contribution in [2.24, 2.45) is 0 Å². The maximum Gasteiger partial charge on any atom is 0.142 e. The Morgan fingerprint density at radius 2 is 1.62 bits per heavy atom. The third kappa shape index (κ3) is 6.21. The van der Waals surface area contributed by atoms with Gasteiger partial charge in [-0.3, -0.25) is 0 Å². The zero-order valence-electron chi connectivity index (χ0n) is 9.73. The number of methoxy groups -OCH3 is 2. The van der Waals surface area contributed by atoms with E-state index in [0.717, 1.165) is 23.2 Å². The van der Waals surface area contributed by atoms with Crippen LogP contribution >= 0.6 is 0 Å². The van der Waals surface area contributed by atoms with Crippen LogP contribution in [-0.4, -0.2) is 42.0 Å². The van der Waals surface area contributed by atoms with Gasteiger partial charge in [0, 0.05) is 32.7 Å². The maximum atomic E-state index is 5.30. The average molecular weight is 205 g/mol. The van der Waals surface area contributed by atoms with Crippen molar-refractivity contribution in [3.05, 3.63) is 0 Å². The molecule has 0 radical (unpaired) electrons. The van der Waals surface area contributed by atoms with Crippen molar-refractivity contribution in [2.75, 3.05) is 20.8 Å². The van der Waals surface area contributed by atoms with Gasteiger partial charge in [0.15, 0.2) is 0 Å². The molecule has 0 spiro atoms. The Kier molecular flexibility index (Phi) is 5.13. The van der Waals surface area contributed by atoms with Gasteiger partial charge in [0.1, 0.15) is 5.41 Å². The third-order valence-electron chi connectivity index (χ3n) is 2.10. The van der Waals surface area contributed by atoms with Crippen LogP contribution in [0.2, 0.25) is 0 Å². The van der Waals surface area contributed by atoms with Crippen LogP contribution in [-0.2, 0) is 9.47 Å². The van der Waals surface area contributed by atoms with E-state index in [1.807, 2.05) is 0 Å². The van der Waals surface area contributed by atoms with Crippen molar-refractivity contribution in [3.63, 3.8) is 0 Å². The second-order valence-corrected chi connectivity index (χ2v) is 5.99. The molecule has 4 heteroatoms. The molecule has 0 fully saturated rings. The van der Waals surface area contributed by atoms with Crippen LogP contribution in [0.15, 0.2) is 0 Å². The van der Waals surface area contributed by atoms with Crippen molar-refractivity contribution in [2.45, 2.75) is 38.1 Å². The lowest BCUT2D eigenvalue weighted by Crippen LogP contribution is -2.42. The Morgan fingerprint density at radius 3 is 1.92 bits per heavy atom. The fourth-order valence-corrected chi connectivity index (χ4v) is 1.20. The summed E-state index contributed by atoms with van der Waals surface area (Å²) in [6, 6.07) is 0. The zero-order valence-corrected chi connectivity index (χ0v) is 11.7. The van der Waals surface area contributed by atoms with E-state index < -0.39 is 0 Å². The van der Waals surface area contributed by atoms with Crippen molar-refractivity contribution < 1.29 is 9.47 Å². The topological polar surface area (TPSA) is 30.5 Å². The molecule has 0 aromatic rings. The number of ether oxygens (including phenoxy) is 2. The summed E-state index contributed by atoms with van der Waals surface area (Å²) in [5.41, 5.74) is -0.151. The molecule has 13 heavy (non-hydrogen) atoms. The molecular formula is C9H23NO2Si. The predicted molar refractivity (Wildman–Crippen MR) is 59.1 cm³/mol. The normalized spacial score (nSPS) is 13.6. The molecule has 0 bridgehead atoms. The van der Waals surface area contributed by atoms with Crippen molar-refractivity contribution in [1.29, 1.82) is 0 Å². The second kappa shape index (κ2) is 5.10. The third-order valence-corrected chi connectivity index (χ3v) is 3.41. The molecule has 0 aliphatic carbocycles. The Bertz CT molecular complexity index is 141. The van der Waals surface area contributed by atoms with Crippen LogP contribution in [0.1, 0.15) is 27.2 Å². The van der Waals surface area contributed by atoms with Gasteiger partial charge in [0.05, 0.1) is 10.2 Å². The van der Waals surface area contributed by atoms with E-state index in [2.05, 4.69) is 26.1 Å². The standard InChI is InChI=1S/C9H23NO2Si/c1-8(2,3)10-7-6-9(13,11-4)12-5/h10H,6-7H2,1-5,13H3. The summed E-state index contributed by atoms with van der Waals surface area (Å²) in [6.45, 7) is 7.39. The summed E-state index contributed by atoms with van der Waals surface area (Å²) < 4.78 is 10.6. The molecule has 3 nitrogen and oxygen atoms in total. The lowest BCUT2D eigenvalue weighted by Gasteiger charge is -2.29. The first-order chi connectivity index (χ1) is 5.83. The van der Waals surface area contributed by atoms with Gasteiger partial charge in [-0.05, 0) is 20.8 Å². The Balaban J connectivity index is 3.74. The van der Waals surface area contributed by atoms with Gasteiger partial charge in [0.2, 0.25) is 0 Å². The first kappa shape index (κ1) is 13.1.